The Morgan fingerprint density at radius 1 is 1.59 bits per heavy atom. The maximum absolute atomic E-state index is 11.3. The van der Waals surface area contributed by atoms with Crippen molar-refractivity contribution in [1.82, 2.24) is 4.98 Å². The molecule has 5 heteroatoms. The van der Waals surface area contributed by atoms with Crippen molar-refractivity contribution in [2.75, 3.05) is 18.0 Å². The van der Waals surface area contributed by atoms with Crippen LogP contribution in [0.1, 0.15) is 18.4 Å². The Hall–Kier alpha value is -1.10. The number of aryl methyl sites for hydroxylation is 1. The van der Waals surface area contributed by atoms with E-state index < -0.39 is 0 Å². The topological polar surface area (TPSA) is 59.2 Å². The second kappa shape index (κ2) is 5.04. The molecule has 17 heavy (non-hydrogen) atoms. The smallest absolute Gasteiger partial charge is 0.222 e. The van der Waals surface area contributed by atoms with Crippen LogP contribution in [0, 0.1) is 12.8 Å². The summed E-state index contributed by atoms with van der Waals surface area (Å²) in [6.45, 7) is 3.70. The molecule has 92 valence electrons. The SMILES string of the molecule is Cc1cncc(Br)c1N1CCCC(C(N)=O)C1. The highest BCUT2D eigenvalue weighted by molar-refractivity contribution is 9.10. The van der Waals surface area contributed by atoms with Crippen molar-refractivity contribution in [2.45, 2.75) is 19.8 Å². The first-order chi connectivity index (χ1) is 8.09. The van der Waals surface area contributed by atoms with E-state index in [-0.39, 0.29) is 11.8 Å². The third kappa shape index (κ3) is 2.60. The summed E-state index contributed by atoms with van der Waals surface area (Å²) in [5.74, 6) is -0.235. The predicted molar refractivity (Wildman–Crippen MR) is 70.8 cm³/mol. The zero-order valence-electron chi connectivity index (χ0n) is 9.82. The molecule has 4 nitrogen and oxygen atoms in total. The molecule has 1 amide bonds. The molecule has 0 spiro atoms. The molecule has 0 bridgehead atoms. The van der Waals surface area contributed by atoms with Crippen LogP contribution in [0.15, 0.2) is 16.9 Å². The van der Waals surface area contributed by atoms with E-state index in [0.29, 0.717) is 6.54 Å². The first-order valence-corrected chi connectivity index (χ1v) is 6.53. The van der Waals surface area contributed by atoms with Gasteiger partial charge < -0.3 is 10.6 Å². The summed E-state index contributed by atoms with van der Waals surface area (Å²) >= 11 is 3.52. The van der Waals surface area contributed by atoms with Crippen LogP contribution < -0.4 is 10.6 Å². The lowest BCUT2D eigenvalue weighted by Crippen LogP contribution is -2.41. The van der Waals surface area contributed by atoms with E-state index in [1.807, 2.05) is 13.1 Å². The summed E-state index contributed by atoms with van der Waals surface area (Å²) < 4.78 is 0.975. The molecule has 1 aromatic rings. The number of piperidine rings is 1. The molecule has 2 rings (SSSR count). The summed E-state index contributed by atoms with van der Waals surface area (Å²) in [6.07, 6.45) is 5.53. The molecule has 2 heterocycles. The largest absolute Gasteiger partial charge is 0.370 e. The Morgan fingerprint density at radius 3 is 3.00 bits per heavy atom. The van der Waals surface area contributed by atoms with E-state index in [0.717, 1.165) is 35.1 Å². The highest BCUT2D eigenvalue weighted by Crippen LogP contribution is 2.32. The Kier molecular flexibility index (Phi) is 3.66. The summed E-state index contributed by atoms with van der Waals surface area (Å²) in [6, 6.07) is 0. The van der Waals surface area contributed by atoms with Gasteiger partial charge in [0.05, 0.1) is 16.1 Å². The van der Waals surface area contributed by atoms with Crippen molar-refractivity contribution in [3.63, 3.8) is 0 Å². The van der Waals surface area contributed by atoms with Crippen LogP contribution in [0.2, 0.25) is 0 Å². The second-order valence-corrected chi connectivity index (χ2v) is 5.33. The third-order valence-electron chi connectivity index (χ3n) is 3.20. The minimum absolute atomic E-state index is 0.0387. The van der Waals surface area contributed by atoms with Crippen molar-refractivity contribution in [2.24, 2.45) is 11.7 Å². The van der Waals surface area contributed by atoms with Gasteiger partial charge in [0.1, 0.15) is 0 Å². The van der Waals surface area contributed by atoms with Gasteiger partial charge in [-0.05, 0) is 41.3 Å². The third-order valence-corrected chi connectivity index (χ3v) is 3.78. The monoisotopic (exact) mass is 297 g/mol. The molecule has 1 atom stereocenters. The number of carbonyl (C=O) groups is 1. The van der Waals surface area contributed by atoms with E-state index in [1.54, 1.807) is 6.20 Å². The molecule has 1 aromatic heterocycles. The summed E-state index contributed by atoms with van der Waals surface area (Å²) in [5, 5.41) is 0. The van der Waals surface area contributed by atoms with E-state index in [2.05, 4.69) is 25.8 Å². The van der Waals surface area contributed by atoms with Gasteiger partial charge in [0, 0.05) is 25.5 Å². The Labute approximate surface area is 109 Å². The van der Waals surface area contributed by atoms with Crippen LogP contribution in [-0.2, 0) is 4.79 Å². The number of nitrogens with two attached hydrogens (primary N) is 1. The van der Waals surface area contributed by atoms with Crippen molar-refractivity contribution in [3.8, 4) is 0 Å². The number of carbonyl (C=O) groups excluding carboxylic acids is 1. The molecule has 0 aromatic carbocycles. The van der Waals surface area contributed by atoms with Gasteiger partial charge in [-0.15, -0.1) is 0 Å². The minimum atomic E-state index is -0.197. The highest BCUT2D eigenvalue weighted by Gasteiger charge is 2.25. The van der Waals surface area contributed by atoms with Crippen LogP contribution in [0.25, 0.3) is 0 Å². The van der Waals surface area contributed by atoms with Gasteiger partial charge in [0.2, 0.25) is 5.91 Å². The molecule has 1 saturated heterocycles. The van der Waals surface area contributed by atoms with Crippen LogP contribution in [0.4, 0.5) is 5.69 Å². The van der Waals surface area contributed by atoms with Crippen molar-refractivity contribution in [3.05, 3.63) is 22.4 Å². The van der Waals surface area contributed by atoms with E-state index in [4.69, 9.17) is 5.73 Å². The van der Waals surface area contributed by atoms with Crippen molar-refractivity contribution in [1.29, 1.82) is 0 Å². The lowest BCUT2D eigenvalue weighted by molar-refractivity contribution is -0.122. The molecule has 1 aliphatic rings. The fourth-order valence-electron chi connectivity index (χ4n) is 2.34. The van der Waals surface area contributed by atoms with Crippen LogP contribution >= 0.6 is 15.9 Å². The van der Waals surface area contributed by atoms with E-state index >= 15 is 0 Å². The lowest BCUT2D eigenvalue weighted by Gasteiger charge is -2.34. The molecule has 2 N–H and O–H groups in total. The molecular weight excluding hydrogens is 282 g/mol. The number of hydrogen-bond acceptors (Lipinski definition) is 3. The number of hydrogen-bond donors (Lipinski definition) is 1. The van der Waals surface area contributed by atoms with E-state index in [1.165, 1.54) is 0 Å². The summed E-state index contributed by atoms with van der Waals surface area (Å²) in [4.78, 5) is 17.6. The first-order valence-electron chi connectivity index (χ1n) is 5.74. The molecule has 1 aliphatic heterocycles. The Balaban J connectivity index is 2.25. The van der Waals surface area contributed by atoms with Crippen LogP contribution in [0.5, 0.6) is 0 Å². The van der Waals surface area contributed by atoms with Crippen LogP contribution in [0.3, 0.4) is 0 Å². The number of nitrogens with zero attached hydrogens (tertiary/aromatic N) is 2. The molecule has 1 unspecified atom stereocenters. The quantitative estimate of drug-likeness (QED) is 0.906. The molecule has 0 saturated carbocycles. The average Bonchev–Trinajstić information content (AvgIpc) is 2.29. The average molecular weight is 298 g/mol. The van der Waals surface area contributed by atoms with Gasteiger partial charge in [-0.25, -0.2) is 0 Å². The number of halogens is 1. The van der Waals surface area contributed by atoms with E-state index in [9.17, 15) is 4.79 Å². The van der Waals surface area contributed by atoms with Crippen molar-refractivity contribution < 1.29 is 4.79 Å². The number of amides is 1. The number of primary amides is 1. The van der Waals surface area contributed by atoms with Gasteiger partial charge in [-0.1, -0.05) is 0 Å². The number of rotatable bonds is 2. The highest BCUT2D eigenvalue weighted by atomic mass is 79.9. The molecule has 1 fully saturated rings. The molecule has 0 radical (unpaired) electrons. The van der Waals surface area contributed by atoms with Gasteiger partial charge in [-0.3, -0.25) is 9.78 Å². The zero-order valence-corrected chi connectivity index (χ0v) is 11.4. The molecule has 0 aliphatic carbocycles. The normalized spacial score (nSPS) is 20.4. The lowest BCUT2D eigenvalue weighted by atomic mass is 9.97. The predicted octanol–water partition coefficient (Wildman–Crippen LogP) is 1.85. The van der Waals surface area contributed by atoms with Gasteiger partial charge >= 0.3 is 0 Å². The van der Waals surface area contributed by atoms with Crippen molar-refractivity contribution >= 4 is 27.5 Å². The van der Waals surface area contributed by atoms with Gasteiger partial charge in [0.15, 0.2) is 0 Å². The standard InChI is InChI=1S/C12H16BrN3O/c1-8-5-15-6-10(13)11(8)16-4-2-3-9(7-16)12(14)17/h5-6,9H,2-4,7H2,1H3,(H2,14,17). The fraction of sp³-hybridized carbons (Fsp3) is 0.500. The summed E-state index contributed by atoms with van der Waals surface area (Å²) in [5.41, 5.74) is 7.64. The maximum atomic E-state index is 11.3. The number of aromatic nitrogens is 1. The second-order valence-electron chi connectivity index (χ2n) is 4.47. The Morgan fingerprint density at radius 2 is 2.35 bits per heavy atom. The molecular formula is C12H16BrN3O. The van der Waals surface area contributed by atoms with Gasteiger partial charge in [0.25, 0.3) is 0 Å². The number of anilines is 1. The number of pyridine rings is 1. The Bertz CT molecular complexity index is 416. The fourth-order valence-corrected chi connectivity index (χ4v) is 3.02. The summed E-state index contributed by atoms with van der Waals surface area (Å²) in [7, 11) is 0. The van der Waals surface area contributed by atoms with Crippen LogP contribution in [-0.4, -0.2) is 24.0 Å². The van der Waals surface area contributed by atoms with Gasteiger partial charge in [-0.2, -0.15) is 0 Å². The zero-order chi connectivity index (χ0) is 12.4. The first kappa shape index (κ1) is 12.4. The minimum Gasteiger partial charge on any atom is -0.370 e. The maximum Gasteiger partial charge on any atom is 0.222 e.